The van der Waals surface area contributed by atoms with Crippen molar-refractivity contribution in [1.82, 2.24) is 9.97 Å². The smallest absolute Gasteiger partial charge is 0.316 e. The van der Waals surface area contributed by atoms with Crippen molar-refractivity contribution in [2.24, 2.45) is 0 Å². The molecule has 2 atom stereocenters. The highest BCUT2D eigenvalue weighted by molar-refractivity contribution is 7.99. The van der Waals surface area contributed by atoms with Crippen LogP contribution in [-0.2, 0) is 17.6 Å². The molecule has 36 heavy (non-hydrogen) atoms. The van der Waals surface area contributed by atoms with Gasteiger partial charge in [-0.1, -0.05) is 56.2 Å². The summed E-state index contributed by atoms with van der Waals surface area (Å²) < 4.78 is 11.3. The second-order valence-corrected chi connectivity index (χ2v) is 10.2. The van der Waals surface area contributed by atoms with Gasteiger partial charge in [-0.15, -0.1) is 0 Å². The number of aryl methyl sites for hydroxylation is 2. The van der Waals surface area contributed by atoms with Gasteiger partial charge in [0.1, 0.15) is 6.10 Å². The number of hydrogen-bond donors (Lipinski definition) is 2. The summed E-state index contributed by atoms with van der Waals surface area (Å²) in [6.07, 6.45) is 9.57. The molecule has 2 unspecified atom stereocenters. The number of aliphatic hydroxyl groups excluding tert-OH is 2. The lowest BCUT2D eigenvalue weighted by molar-refractivity contribution is 0.0377. The molecule has 0 saturated heterocycles. The van der Waals surface area contributed by atoms with Gasteiger partial charge in [-0.3, -0.25) is 0 Å². The van der Waals surface area contributed by atoms with E-state index in [0.717, 1.165) is 25.0 Å². The first-order valence-electron chi connectivity index (χ1n) is 13.1. The summed E-state index contributed by atoms with van der Waals surface area (Å²) in [7, 11) is 0. The number of hydrogen-bond acceptors (Lipinski definition) is 7. The zero-order valence-corrected chi connectivity index (χ0v) is 22.2. The Bertz CT molecular complexity index is 1000. The van der Waals surface area contributed by atoms with E-state index in [9.17, 15) is 5.11 Å². The second-order valence-electron chi connectivity index (χ2n) is 9.03. The van der Waals surface area contributed by atoms with Crippen LogP contribution in [0, 0.1) is 0 Å². The molecule has 0 amide bonds. The zero-order chi connectivity index (χ0) is 25.4. The van der Waals surface area contributed by atoms with Crippen LogP contribution in [0.15, 0.2) is 54.9 Å². The molecule has 0 radical (unpaired) electrons. The standard InChI is InChI=1S/C29H40N2O4S/c1-2-3-4-7-23-10-12-26-21-24(11-13-25(26)20-23)8-5-9-27(33)28(22-36-19-18-34-17-16-32)35-29-30-14-6-15-31-29/h6,10-15,20-21,27-28,32-33H,2-5,7-9,16-19,22H2,1H3. The first-order valence-corrected chi connectivity index (χ1v) is 14.2. The predicted octanol–water partition coefficient (Wildman–Crippen LogP) is 5.24. The van der Waals surface area contributed by atoms with E-state index in [1.165, 1.54) is 41.2 Å². The topological polar surface area (TPSA) is 84.7 Å². The van der Waals surface area contributed by atoms with E-state index < -0.39 is 12.2 Å². The highest BCUT2D eigenvalue weighted by Crippen LogP contribution is 2.21. The molecule has 1 aromatic heterocycles. The predicted molar refractivity (Wildman–Crippen MR) is 148 cm³/mol. The molecule has 3 aromatic rings. The maximum absolute atomic E-state index is 10.9. The SMILES string of the molecule is CCCCCc1ccc2cc(CCCC(O)C(CSCCOCCO)Oc3ncccn3)ccc2c1. The highest BCUT2D eigenvalue weighted by Gasteiger charge is 2.22. The fourth-order valence-electron chi connectivity index (χ4n) is 4.13. The van der Waals surface area contributed by atoms with Crippen LogP contribution in [-0.4, -0.2) is 63.7 Å². The van der Waals surface area contributed by atoms with Crippen LogP contribution in [0.1, 0.15) is 50.2 Å². The van der Waals surface area contributed by atoms with Crippen LogP contribution in [0.3, 0.4) is 0 Å². The lowest BCUT2D eigenvalue weighted by atomic mass is 9.98. The molecule has 1 heterocycles. The first-order chi connectivity index (χ1) is 17.7. The third-order valence-corrected chi connectivity index (χ3v) is 7.14. The first kappa shape index (κ1) is 28.4. The van der Waals surface area contributed by atoms with Crippen molar-refractivity contribution in [3.63, 3.8) is 0 Å². The molecule has 2 aromatic carbocycles. The van der Waals surface area contributed by atoms with Crippen molar-refractivity contribution in [2.75, 3.05) is 31.3 Å². The quantitative estimate of drug-likeness (QED) is 0.226. The Balaban J connectivity index is 1.50. The van der Waals surface area contributed by atoms with E-state index in [0.29, 0.717) is 25.4 Å². The number of fused-ring (bicyclic) bond motifs is 1. The minimum Gasteiger partial charge on any atom is -0.457 e. The van der Waals surface area contributed by atoms with Crippen LogP contribution < -0.4 is 4.74 Å². The Morgan fingerprint density at radius 1 is 0.917 bits per heavy atom. The summed E-state index contributed by atoms with van der Waals surface area (Å²) in [5, 5.41) is 22.3. The normalized spacial score (nSPS) is 13.1. The number of nitrogens with zero attached hydrogens (tertiary/aromatic N) is 2. The average Bonchev–Trinajstić information content (AvgIpc) is 2.90. The molecule has 0 aliphatic carbocycles. The molecule has 0 bridgehead atoms. The van der Waals surface area contributed by atoms with E-state index in [2.05, 4.69) is 53.3 Å². The molecule has 0 aliphatic heterocycles. The molecular weight excluding hydrogens is 472 g/mol. The monoisotopic (exact) mass is 512 g/mol. The van der Waals surface area contributed by atoms with Gasteiger partial charge in [0.15, 0.2) is 0 Å². The van der Waals surface area contributed by atoms with Gasteiger partial charge in [-0.05, 0) is 60.1 Å². The van der Waals surface area contributed by atoms with Crippen molar-refractivity contribution in [3.05, 3.63) is 66.0 Å². The summed E-state index contributed by atoms with van der Waals surface area (Å²) in [4.78, 5) is 8.29. The third-order valence-electron chi connectivity index (χ3n) is 6.12. The fourth-order valence-corrected chi connectivity index (χ4v) is 5.05. The molecule has 2 N–H and O–H groups in total. The highest BCUT2D eigenvalue weighted by atomic mass is 32.2. The Kier molecular flexibility index (Phi) is 13.0. The van der Waals surface area contributed by atoms with E-state index >= 15 is 0 Å². The number of unbranched alkanes of at least 4 members (excludes halogenated alkanes) is 2. The number of aromatic nitrogens is 2. The summed E-state index contributed by atoms with van der Waals surface area (Å²) in [6, 6.07) is 15.5. The third kappa shape index (κ3) is 10.1. The van der Waals surface area contributed by atoms with Gasteiger partial charge in [-0.2, -0.15) is 11.8 Å². The summed E-state index contributed by atoms with van der Waals surface area (Å²) in [6.45, 7) is 3.16. The van der Waals surface area contributed by atoms with Crippen molar-refractivity contribution in [2.45, 2.75) is 64.1 Å². The van der Waals surface area contributed by atoms with Crippen molar-refractivity contribution >= 4 is 22.5 Å². The Morgan fingerprint density at radius 3 is 2.28 bits per heavy atom. The number of ether oxygens (including phenoxy) is 2. The zero-order valence-electron chi connectivity index (χ0n) is 21.3. The van der Waals surface area contributed by atoms with Gasteiger partial charge >= 0.3 is 6.01 Å². The van der Waals surface area contributed by atoms with E-state index in [1.54, 1.807) is 30.2 Å². The molecule has 3 rings (SSSR count). The van der Waals surface area contributed by atoms with Gasteiger partial charge in [-0.25, -0.2) is 9.97 Å². The van der Waals surface area contributed by atoms with Crippen molar-refractivity contribution < 1.29 is 19.7 Å². The maximum Gasteiger partial charge on any atom is 0.316 e. The minimum atomic E-state index is -0.620. The number of benzene rings is 2. The van der Waals surface area contributed by atoms with E-state index in [1.807, 2.05) is 0 Å². The van der Waals surface area contributed by atoms with Crippen LogP contribution in [0.4, 0.5) is 0 Å². The lowest BCUT2D eigenvalue weighted by Gasteiger charge is -2.23. The Morgan fingerprint density at radius 2 is 1.61 bits per heavy atom. The Hall–Kier alpha value is -2.19. The molecular formula is C29H40N2O4S. The molecule has 7 heteroatoms. The average molecular weight is 513 g/mol. The van der Waals surface area contributed by atoms with Gasteiger partial charge in [0.05, 0.1) is 25.9 Å². The van der Waals surface area contributed by atoms with Crippen LogP contribution in [0.2, 0.25) is 0 Å². The minimum absolute atomic E-state index is 0.0256. The molecule has 196 valence electrons. The van der Waals surface area contributed by atoms with Crippen molar-refractivity contribution in [3.8, 4) is 6.01 Å². The molecule has 0 aliphatic rings. The second kappa shape index (κ2) is 16.5. The summed E-state index contributed by atoms with van der Waals surface area (Å²) in [5.41, 5.74) is 2.70. The number of rotatable bonds is 18. The fraction of sp³-hybridized carbons (Fsp3) is 0.517. The van der Waals surface area contributed by atoms with Crippen LogP contribution in [0.5, 0.6) is 6.01 Å². The molecule has 6 nitrogen and oxygen atoms in total. The maximum atomic E-state index is 10.9. The molecule has 0 spiro atoms. The summed E-state index contributed by atoms with van der Waals surface area (Å²) in [5.74, 6) is 1.37. The molecule has 0 fully saturated rings. The largest absolute Gasteiger partial charge is 0.457 e. The summed E-state index contributed by atoms with van der Waals surface area (Å²) >= 11 is 1.65. The van der Waals surface area contributed by atoms with Gasteiger partial charge in [0, 0.05) is 23.9 Å². The lowest BCUT2D eigenvalue weighted by Crippen LogP contribution is -2.35. The van der Waals surface area contributed by atoms with Crippen LogP contribution >= 0.6 is 11.8 Å². The van der Waals surface area contributed by atoms with E-state index in [4.69, 9.17) is 14.6 Å². The molecule has 0 saturated carbocycles. The van der Waals surface area contributed by atoms with Crippen LogP contribution in [0.25, 0.3) is 10.8 Å². The van der Waals surface area contributed by atoms with Crippen molar-refractivity contribution in [1.29, 1.82) is 0 Å². The van der Waals surface area contributed by atoms with Gasteiger partial charge in [0.25, 0.3) is 0 Å². The Labute approximate surface area is 219 Å². The number of aliphatic hydroxyl groups is 2. The van der Waals surface area contributed by atoms with Gasteiger partial charge in [0.2, 0.25) is 0 Å². The van der Waals surface area contributed by atoms with Gasteiger partial charge < -0.3 is 19.7 Å². The van der Waals surface area contributed by atoms with E-state index in [-0.39, 0.29) is 12.6 Å². The number of thioether (sulfide) groups is 1.